The average Bonchev–Trinajstić information content (AvgIpc) is 2.78. The Morgan fingerprint density at radius 3 is 2.31 bits per heavy atom. The zero-order chi connectivity index (χ0) is 23.2. The molecule has 1 N–H and O–H groups in total. The Morgan fingerprint density at radius 1 is 1.00 bits per heavy atom. The Hall–Kier alpha value is -2.43. The van der Waals surface area contributed by atoms with Crippen molar-refractivity contribution >= 4 is 15.9 Å². The van der Waals surface area contributed by atoms with Gasteiger partial charge in [0.15, 0.2) is 0 Å². The van der Waals surface area contributed by atoms with Crippen LogP contribution in [0.25, 0.3) is 0 Å². The number of carbonyl (C=O) groups is 1. The lowest BCUT2D eigenvalue weighted by atomic mass is 10.0. The molecule has 0 bridgehead atoms. The average molecular weight is 471 g/mol. The van der Waals surface area contributed by atoms with Crippen LogP contribution in [0.15, 0.2) is 53.4 Å². The molecule has 0 atom stereocenters. The number of benzene rings is 2. The van der Waals surface area contributed by atoms with E-state index in [1.54, 1.807) is 12.1 Å². The number of alkyl halides is 3. The molecule has 1 amide bonds. The molecule has 174 valence electrons. The van der Waals surface area contributed by atoms with Crippen molar-refractivity contribution in [3.8, 4) is 0 Å². The number of rotatable bonds is 8. The highest BCUT2D eigenvalue weighted by Crippen LogP contribution is 2.31. The summed E-state index contributed by atoms with van der Waals surface area (Å²) in [5.74, 6) is -0.278. The minimum absolute atomic E-state index is 0.0789. The van der Waals surface area contributed by atoms with E-state index in [-0.39, 0.29) is 35.8 Å². The number of morpholine rings is 1. The van der Waals surface area contributed by atoms with Crippen LogP contribution >= 0.6 is 0 Å². The van der Waals surface area contributed by atoms with Crippen molar-refractivity contribution in [2.24, 2.45) is 0 Å². The Labute approximate surface area is 185 Å². The van der Waals surface area contributed by atoms with Crippen molar-refractivity contribution in [1.82, 2.24) is 9.62 Å². The highest BCUT2D eigenvalue weighted by Gasteiger charge is 2.32. The van der Waals surface area contributed by atoms with Crippen LogP contribution in [0.5, 0.6) is 0 Å². The maximum atomic E-state index is 13.0. The van der Waals surface area contributed by atoms with Gasteiger partial charge in [0.25, 0.3) is 0 Å². The van der Waals surface area contributed by atoms with Crippen LogP contribution in [-0.4, -0.2) is 51.5 Å². The molecule has 0 radical (unpaired) electrons. The van der Waals surface area contributed by atoms with E-state index in [4.69, 9.17) is 4.74 Å². The third-order valence-corrected chi connectivity index (χ3v) is 7.12. The second kappa shape index (κ2) is 10.5. The topological polar surface area (TPSA) is 75.7 Å². The molecule has 0 spiro atoms. The predicted octanol–water partition coefficient (Wildman–Crippen LogP) is 3.02. The van der Waals surface area contributed by atoms with Crippen LogP contribution in [0, 0.1) is 0 Å². The summed E-state index contributed by atoms with van der Waals surface area (Å²) in [4.78, 5) is 12.3. The summed E-state index contributed by atoms with van der Waals surface area (Å²) in [6.45, 7) is 1.47. The van der Waals surface area contributed by atoms with Crippen molar-refractivity contribution in [3.63, 3.8) is 0 Å². The molecule has 32 heavy (non-hydrogen) atoms. The fraction of sp³-hybridized carbons (Fsp3) is 0.409. The van der Waals surface area contributed by atoms with Gasteiger partial charge in [-0.3, -0.25) is 4.79 Å². The van der Waals surface area contributed by atoms with E-state index < -0.39 is 21.8 Å². The highest BCUT2D eigenvalue weighted by molar-refractivity contribution is 7.89. The minimum atomic E-state index is -4.43. The van der Waals surface area contributed by atoms with Gasteiger partial charge in [-0.1, -0.05) is 30.3 Å². The summed E-state index contributed by atoms with van der Waals surface area (Å²) in [5.41, 5.74) is 0.238. The largest absolute Gasteiger partial charge is 0.416 e. The molecular formula is C22H25F3N2O4S. The number of hydrogen-bond donors (Lipinski definition) is 1. The van der Waals surface area contributed by atoms with Crippen LogP contribution in [-0.2, 0) is 38.6 Å². The number of hydrogen-bond acceptors (Lipinski definition) is 4. The molecule has 1 heterocycles. The first kappa shape index (κ1) is 24.2. The smallest absolute Gasteiger partial charge is 0.379 e. The number of aryl methyl sites for hydroxylation is 1. The van der Waals surface area contributed by atoms with Gasteiger partial charge in [0.2, 0.25) is 15.9 Å². The minimum Gasteiger partial charge on any atom is -0.379 e. The first-order valence-corrected chi connectivity index (χ1v) is 11.7. The van der Waals surface area contributed by atoms with E-state index in [1.165, 1.54) is 34.6 Å². The number of nitrogens with one attached hydrogen (secondary N) is 1. The zero-order valence-corrected chi connectivity index (χ0v) is 18.2. The molecule has 1 saturated heterocycles. The van der Waals surface area contributed by atoms with Crippen LogP contribution in [0.3, 0.4) is 0 Å². The van der Waals surface area contributed by atoms with Crippen LogP contribution in [0.1, 0.15) is 23.1 Å². The molecule has 6 nitrogen and oxygen atoms in total. The summed E-state index contributed by atoms with van der Waals surface area (Å²) in [7, 11) is -3.57. The molecule has 0 unspecified atom stereocenters. The fourth-order valence-electron chi connectivity index (χ4n) is 3.46. The fourth-order valence-corrected chi connectivity index (χ4v) is 4.87. The lowest BCUT2D eigenvalue weighted by Gasteiger charge is -2.26. The van der Waals surface area contributed by atoms with Crippen molar-refractivity contribution < 1.29 is 31.1 Å². The van der Waals surface area contributed by atoms with Crippen molar-refractivity contribution in [2.75, 3.05) is 32.8 Å². The van der Waals surface area contributed by atoms with Gasteiger partial charge in [0, 0.05) is 26.1 Å². The van der Waals surface area contributed by atoms with Crippen LogP contribution in [0.4, 0.5) is 13.2 Å². The van der Waals surface area contributed by atoms with Gasteiger partial charge in [-0.2, -0.15) is 17.5 Å². The summed E-state index contributed by atoms with van der Waals surface area (Å²) < 4.78 is 70.9. The Balaban J connectivity index is 1.47. The van der Waals surface area contributed by atoms with Crippen LogP contribution in [0.2, 0.25) is 0 Å². The molecule has 10 heteroatoms. The lowest BCUT2D eigenvalue weighted by molar-refractivity contribution is -0.138. The monoisotopic (exact) mass is 470 g/mol. The maximum Gasteiger partial charge on any atom is 0.416 e. The number of ether oxygens (including phenoxy) is 1. The van der Waals surface area contributed by atoms with Gasteiger partial charge in [0.05, 0.1) is 23.7 Å². The molecule has 1 fully saturated rings. The summed E-state index contributed by atoms with van der Waals surface area (Å²) in [5, 5.41) is 2.64. The number of halogens is 3. The molecular weight excluding hydrogens is 445 g/mol. The van der Waals surface area contributed by atoms with Crippen LogP contribution < -0.4 is 5.32 Å². The predicted molar refractivity (Wildman–Crippen MR) is 112 cm³/mol. The first-order valence-electron chi connectivity index (χ1n) is 10.3. The standard InChI is InChI=1S/C22H25F3N2O4S/c23-22(24,25)20-4-2-1-3-18(20)11-12-26-21(28)10-7-17-5-8-19(9-6-17)32(29,30)27-13-15-31-16-14-27/h1-6,8-9H,7,10-16H2,(H,26,28). The molecule has 2 aromatic carbocycles. The van der Waals surface area contributed by atoms with E-state index >= 15 is 0 Å². The van der Waals surface area contributed by atoms with Gasteiger partial charge < -0.3 is 10.1 Å². The second-order valence-electron chi connectivity index (χ2n) is 7.42. The zero-order valence-electron chi connectivity index (χ0n) is 17.4. The highest BCUT2D eigenvalue weighted by atomic mass is 32.2. The number of sulfonamides is 1. The Morgan fingerprint density at radius 2 is 1.66 bits per heavy atom. The quantitative estimate of drug-likeness (QED) is 0.644. The van der Waals surface area contributed by atoms with Gasteiger partial charge in [-0.15, -0.1) is 0 Å². The SMILES string of the molecule is O=C(CCc1ccc(S(=O)(=O)N2CCOCC2)cc1)NCCc1ccccc1C(F)(F)F. The summed E-state index contributed by atoms with van der Waals surface area (Å²) in [6.07, 6.45) is -3.81. The lowest BCUT2D eigenvalue weighted by Crippen LogP contribution is -2.40. The normalized spacial score (nSPS) is 15.5. The Kier molecular flexibility index (Phi) is 7.91. The van der Waals surface area contributed by atoms with Crippen molar-refractivity contribution in [3.05, 3.63) is 65.2 Å². The third-order valence-electron chi connectivity index (χ3n) is 5.21. The van der Waals surface area contributed by atoms with E-state index in [0.29, 0.717) is 32.7 Å². The third kappa shape index (κ3) is 6.30. The van der Waals surface area contributed by atoms with Gasteiger partial charge in [-0.05, 0) is 42.2 Å². The molecule has 3 rings (SSSR count). The summed E-state index contributed by atoms with van der Waals surface area (Å²) in [6, 6.07) is 11.7. The van der Waals surface area contributed by atoms with Gasteiger partial charge >= 0.3 is 6.18 Å². The molecule has 0 aromatic heterocycles. The number of carbonyl (C=O) groups excluding carboxylic acids is 1. The Bertz CT molecular complexity index is 1020. The summed E-state index contributed by atoms with van der Waals surface area (Å²) >= 11 is 0. The van der Waals surface area contributed by atoms with Gasteiger partial charge in [-0.25, -0.2) is 8.42 Å². The molecule has 1 aliphatic heterocycles. The van der Waals surface area contributed by atoms with Gasteiger partial charge in [0.1, 0.15) is 0 Å². The van der Waals surface area contributed by atoms with E-state index in [0.717, 1.165) is 11.6 Å². The first-order chi connectivity index (χ1) is 15.2. The number of amides is 1. The number of nitrogens with zero attached hydrogens (tertiary/aromatic N) is 1. The molecule has 1 aliphatic rings. The molecule has 0 aliphatic carbocycles. The van der Waals surface area contributed by atoms with E-state index in [9.17, 15) is 26.4 Å². The second-order valence-corrected chi connectivity index (χ2v) is 9.35. The molecule has 2 aromatic rings. The maximum absolute atomic E-state index is 13.0. The van der Waals surface area contributed by atoms with E-state index in [2.05, 4.69) is 5.32 Å². The van der Waals surface area contributed by atoms with Crippen molar-refractivity contribution in [2.45, 2.75) is 30.3 Å². The molecule has 0 saturated carbocycles. The van der Waals surface area contributed by atoms with Crippen molar-refractivity contribution in [1.29, 1.82) is 0 Å². The van der Waals surface area contributed by atoms with E-state index in [1.807, 2.05) is 0 Å².